The highest BCUT2D eigenvalue weighted by Gasteiger charge is 2.58. The lowest BCUT2D eigenvalue weighted by Crippen LogP contribution is -2.39. The first-order valence-corrected chi connectivity index (χ1v) is 9.12. The maximum Gasteiger partial charge on any atom is 0.274 e. The molecule has 2 aliphatic rings. The average Bonchev–Trinajstić information content (AvgIpc) is 2.99. The Labute approximate surface area is 160 Å². The first-order valence-electron chi connectivity index (χ1n) is 9.12. The minimum absolute atomic E-state index is 0. The Morgan fingerprint density at radius 3 is 2.81 bits per heavy atom. The van der Waals surface area contributed by atoms with E-state index in [1.807, 2.05) is 28.9 Å². The summed E-state index contributed by atoms with van der Waals surface area (Å²) in [4.78, 5) is 24.0. The number of rotatable bonds is 5. The Hall–Kier alpha value is -1.86. The van der Waals surface area contributed by atoms with E-state index in [2.05, 4.69) is 26.8 Å². The molecule has 142 valence electrons. The zero-order chi connectivity index (χ0) is 17.4. The van der Waals surface area contributed by atoms with Gasteiger partial charge in [-0.25, -0.2) is 9.97 Å². The Morgan fingerprint density at radius 2 is 2.15 bits per heavy atom. The highest BCUT2D eigenvalue weighted by molar-refractivity contribution is 5.92. The molecule has 0 radical (unpaired) electrons. The first kappa shape index (κ1) is 18.9. The number of hydrogen-bond acceptors (Lipinski definition) is 4. The van der Waals surface area contributed by atoms with E-state index in [0.717, 1.165) is 44.7 Å². The van der Waals surface area contributed by atoms with Crippen LogP contribution in [0.25, 0.3) is 0 Å². The summed E-state index contributed by atoms with van der Waals surface area (Å²) in [6, 6.07) is 0.297. The van der Waals surface area contributed by atoms with Gasteiger partial charge in [0.05, 0.1) is 12.9 Å². The van der Waals surface area contributed by atoms with E-state index in [9.17, 15) is 4.79 Å². The van der Waals surface area contributed by atoms with E-state index < -0.39 is 0 Å². The summed E-state index contributed by atoms with van der Waals surface area (Å²) in [5, 5.41) is 3.43. The van der Waals surface area contributed by atoms with Crippen LogP contribution in [0.5, 0.6) is 0 Å². The van der Waals surface area contributed by atoms with Gasteiger partial charge in [-0.05, 0) is 44.7 Å². The molecule has 4 rings (SSSR count). The summed E-state index contributed by atoms with van der Waals surface area (Å²) in [6.45, 7) is 5.61. The van der Waals surface area contributed by atoms with E-state index in [0.29, 0.717) is 23.7 Å². The Bertz CT molecular complexity index is 763. The van der Waals surface area contributed by atoms with Crippen molar-refractivity contribution in [1.82, 2.24) is 29.3 Å². The second-order valence-electron chi connectivity index (χ2n) is 7.32. The maximum atomic E-state index is 13.2. The number of halogens is 1. The number of carbonyl (C=O) groups is 1. The zero-order valence-electron chi connectivity index (χ0n) is 15.4. The number of carbonyl (C=O) groups excluding carboxylic acids is 1. The summed E-state index contributed by atoms with van der Waals surface area (Å²) in [5.74, 6) is 0.967. The maximum absolute atomic E-state index is 13.2. The standard InChI is InChI=1S/C18H26N6O.ClH/c1-3-23-9-8-20-16(23)12-24(17(25)14-11-22(2)13-21-14)15-10-18(15)4-6-19-7-5-18;/h8-9,11,13,15,19H,3-7,10,12H2,1-2H3;1H. The minimum atomic E-state index is 0. The molecule has 1 N–H and O–H groups in total. The minimum Gasteiger partial charge on any atom is -0.340 e. The van der Waals surface area contributed by atoms with Crippen molar-refractivity contribution in [2.24, 2.45) is 12.5 Å². The molecule has 1 spiro atoms. The molecule has 7 nitrogen and oxygen atoms in total. The number of imidazole rings is 2. The second-order valence-corrected chi connectivity index (χ2v) is 7.32. The van der Waals surface area contributed by atoms with E-state index in [1.165, 1.54) is 0 Å². The van der Waals surface area contributed by atoms with Crippen LogP contribution in [0.4, 0.5) is 0 Å². The van der Waals surface area contributed by atoms with Gasteiger partial charge in [-0.2, -0.15) is 0 Å². The molecule has 1 saturated heterocycles. The van der Waals surface area contributed by atoms with Crippen LogP contribution in [0.15, 0.2) is 24.9 Å². The van der Waals surface area contributed by atoms with Gasteiger partial charge in [-0.3, -0.25) is 4.79 Å². The molecule has 8 heteroatoms. The van der Waals surface area contributed by atoms with Gasteiger partial charge in [0.2, 0.25) is 0 Å². The van der Waals surface area contributed by atoms with Gasteiger partial charge in [0.1, 0.15) is 11.5 Å². The molecule has 1 aliphatic carbocycles. The molecule has 0 aromatic carbocycles. The summed E-state index contributed by atoms with van der Waals surface area (Å²) in [6.07, 6.45) is 10.7. The summed E-state index contributed by atoms with van der Waals surface area (Å²) >= 11 is 0. The van der Waals surface area contributed by atoms with E-state index >= 15 is 0 Å². The molecule has 2 aromatic heterocycles. The predicted octanol–water partition coefficient (Wildman–Crippen LogP) is 1.84. The number of aromatic nitrogens is 4. The Balaban J connectivity index is 0.00000196. The highest BCUT2D eigenvalue weighted by Crippen LogP contribution is 2.56. The first-order chi connectivity index (χ1) is 12.1. The van der Waals surface area contributed by atoms with Crippen LogP contribution in [-0.4, -0.2) is 49.0 Å². The van der Waals surface area contributed by atoms with Gasteiger partial charge in [0.25, 0.3) is 5.91 Å². The fraction of sp³-hybridized carbons (Fsp3) is 0.611. The van der Waals surface area contributed by atoms with Gasteiger partial charge < -0.3 is 19.4 Å². The molecule has 2 fully saturated rings. The van der Waals surface area contributed by atoms with Crippen LogP contribution in [0.1, 0.15) is 42.5 Å². The number of nitrogens with zero attached hydrogens (tertiary/aromatic N) is 5. The summed E-state index contributed by atoms with van der Waals surface area (Å²) in [7, 11) is 1.89. The molecule has 1 aliphatic heterocycles. The highest BCUT2D eigenvalue weighted by atomic mass is 35.5. The van der Waals surface area contributed by atoms with Crippen LogP contribution < -0.4 is 5.32 Å². The molecule has 1 atom stereocenters. The zero-order valence-corrected chi connectivity index (χ0v) is 16.2. The average molecular weight is 379 g/mol. The monoisotopic (exact) mass is 378 g/mol. The predicted molar refractivity (Wildman–Crippen MR) is 101 cm³/mol. The third-order valence-electron chi connectivity index (χ3n) is 5.76. The third-order valence-corrected chi connectivity index (χ3v) is 5.76. The van der Waals surface area contributed by atoms with Crippen molar-refractivity contribution in [2.75, 3.05) is 13.1 Å². The van der Waals surface area contributed by atoms with Crippen LogP contribution in [0, 0.1) is 5.41 Å². The van der Waals surface area contributed by atoms with Crippen LogP contribution in [0.2, 0.25) is 0 Å². The lowest BCUT2D eigenvalue weighted by atomic mass is 9.93. The van der Waals surface area contributed by atoms with Crippen molar-refractivity contribution in [2.45, 2.75) is 45.3 Å². The van der Waals surface area contributed by atoms with Crippen molar-refractivity contribution in [1.29, 1.82) is 0 Å². The van der Waals surface area contributed by atoms with Crippen molar-refractivity contribution in [3.63, 3.8) is 0 Å². The SMILES string of the molecule is CCn1ccnc1CN(C(=O)c1cn(C)cn1)C1CC12CCNCC2.Cl. The van der Waals surface area contributed by atoms with Gasteiger partial charge >= 0.3 is 0 Å². The Morgan fingerprint density at radius 1 is 1.38 bits per heavy atom. The Kier molecular flexibility index (Phi) is 5.39. The number of piperidine rings is 1. The van der Waals surface area contributed by atoms with Crippen molar-refractivity contribution < 1.29 is 4.79 Å². The number of hydrogen-bond donors (Lipinski definition) is 1. The number of amides is 1. The molecule has 2 aromatic rings. The van der Waals surface area contributed by atoms with Crippen LogP contribution >= 0.6 is 12.4 Å². The summed E-state index contributed by atoms with van der Waals surface area (Å²) < 4.78 is 3.93. The molecule has 0 bridgehead atoms. The molecule has 1 unspecified atom stereocenters. The fourth-order valence-corrected chi connectivity index (χ4v) is 4.15. The van der Waals surface area contributed by atoms with Gasteiger partial charge in [-0.1, -0.05) is 0 Å². The number of nitrogens with one attached hydrogen (secondary N) is 1. The van der Waals surface area contributed by atoms with Gasteiger partial charge in [0.15, 0.2) is 0 Å². The van der Waals surface area contributed by atoms with E-state index in [4.69, 9.17) is 0 Å². The molecular weight excluding hydrogens is 352 g/mol. The largest absolute Gasteiger partial charge is 0.340 e. The smallest absolute Gasteiger partial charge is 0.274 e. The molecule has 1 saturated carbocycles. The summed E-state index contributed by atoms with van der Waals surface area (Å²) in [5.41, 5.74) is 0.812. The van der Waals surface area contributed by atoms with Crippen molar-refractivity contribution in [3.8, 4) is 0 Å². The lowest BCUT2D eigenvalue weighted by molar-refractivity contribution is 0.0679. The van der Waals surface area contributed by atoms with Crippen LogP contribution in [-0.2, 0) is 20.1 Å². The normalized spacial score (nSPS) is 20.6. The van der Waals surface area contributed by atoms with E-state index in [1.54, 1.807) is 12.5 Å². The van der Waals surface area contributed by atoms with Crippen molar-refractivity contribution >= 4 is 18.3 Å². The number of aryl methyl sites for hydroxylation is 2. The van der Waals surface area contributed by atoms with Crippen LogP contribution in [0.3, 0.4) is 0 Å². The molecule has 1 amide bonds. The van der Waals surface area contributed by atoms with Crippen molar-refractivity contribution in [3.05, 3.63) is 36.4 Å². The third kappa shape index (κ3) is 3.38. The molecule has 3 heterocycles. The fourth-order valence-electron chi connectivity index (χ4n) is 4.15. The second kappa shape index (κ2) is 7.40. The van der Waals surface area contributed by atoms with Gasteiger partial charge in [-0.15, -0.1) is 12.4 Å². The topological polar surface area (TPSA) is 68.0 Å². The molecular formula is C18H27ClN6O. The lowest BCUT2D eigenvalue weighted by Gasteiger charge is -2.29. The molecule has 26 heavy (non-hydrogen) atoms. The van der Waals surface area contributed by atoms with Gasteiger partial charge in [0, 0.05) is 38.2 Å². The quantitative estimate of drug-likeness (QED) is 0.862. The van der Waals surface area contributed by atoms with E-state index in [-0.39, 0.29) is 18.3 Å².